The first-order valence-electron chi connectivity index (χ1n) is 6.30. The van der Waals surface area contributed by atoms with Gasteiger partial charge in [-0.1, -0.05) is 25.1 Å². The van der Waals surface area contributed by atoms with Crippen LogP contribution in [0.5, 0.6) is 5.75 Å². The smallest absolute Gasteiger partial charge is 0.123 e. The monoisotopic (exact) mass is 214 g/mol. The molecule has 0 saturated carbocycles. The van der Waals surface area contributed by atoms with Gasteiger partial charge in [-0.15, -0.1) is 0 Å². The highest BCUT2D eigenvalue weighted by atomic mass is 16.5. The van der Waals surface area contributed by atoms with Gasteiger partial charge in [0.25, 0.3) is 0 Å². The van der Waals surface area contributed by atoms with Gasteiger partial charge in [-0.3, -0.25) is 0 Å². The van der Waals surface area contributed by atoms with E-state index in [1.165, 1.54) is 42.4 Å². The van der Waals surface area contributed by atoms with Crippen molar-refractivity contribution in [1.29, 1.82) is 0 Å². The van der Waals surface area contributed by atoms with Crippen molar-refractivity contribution in [1.82, 2.24) is 0 Å². The molecule has 2 aliphatic rings. The first kappa shape index (κ1) is 9.95. The van der Waals surface area contributed by atoms with Crippen LogP contribution in [-0.2, 0) is 12.8 Å². The molecule has 84 valence electrons. The van der Waals surface area contributed by atoms with Crippen molar-refractivity contribution >= 4 is 6.08 Å². The lowest BCUT2D eigenvalue weighted by Crippen LogP contribution is -2.05. The highest BCUT2D eigenvalue weighted by Gasteiger charge is 2.15. The highest BCUT2D eigenvalue weighted by Crippen LogP contribution is 2.32. The summed E-state index contributed by atoms with van der Waals surface area (Å²) < 4.78 is 5.81. The van der Waals surface area contributed by atoms with Crippen LogP contribution in [-0.4, -0.2) is 6.61 Å². The predicted molar refractivity (Wildman–Crippen MR) is 66.8 cm³/mol. The van der Waals surface area contributed by atoms with E-state index in [9.17, 15) is 0 Å². The Balaban J connectivity index is 2.04. The average Bonchev–Trinajstić information content (AvgIpc) is 2.50. The molecule has 1 aromatic carbocycles. The Kier molecular flexibility index (Phi) is 2.47. The molecule has 0 amide bonds. The summed E-state index contributed by atoms with van der Waals surface area (Å²) in [5.74, 6) is 1.80. The van der Waals surface area contributed by atoms with E-state index in [4.69, 9.17) is 4.74 Å². The second-order valence-electron chi connectivity index (χ2n) is 5.00. The lowest BCUT2D eigenvalue weighted by molar-refractivity contribution is 0.316. The Morgan fingerprint density at radius 2 is 2.12 bits per heavy atom. The molecular weight excluding hydrogens is 196 g/mol. The fraction of sp³-hybridized carbons (Fsp3) is 0.467. The first-order chi connectivity index (χ1) is 7.83. The molecule has 0 fully saturated rings. The van der Waals surface area contributed by atoms with Crippen LogP contribution >= 0.6 is 0 Å². The van der Waals surface area contributed by atoms with Crippen molar-refractivity contribution in [3.63, 3.8) is 0 Å². The van der Waals surface area contributed by atoms with Crippen molar-refractivity contribution in [3.05, 3.63) is 34.9 Å². The van der Waals surface area contributed by atoms with Gasteiger partial charge >= 0.3 is 0 Å². The number of hydrogen-bond donors (Lipinski definition) is 0. The molecule has 16 heavy (non-hydrogen) atoms. The molecule has 1 heterocycles. The quantitative estimate of drug-likeness (QED) is 0.641. The topological polar surface area (TPSA) is 9.23 Å². The highest BCUT2D eigenvalue weighted by molar-refractivity contribution is 5.61. The maximum absolute atomic E-state index is 5.81. The third kappa shape index (κ3) is 1.75. The molecule has 1 atom stereocenters. The average molecular weight is 214 g/mol. The summed E-state index contributed by atoms with van der Waals surface area (Å²) in [5.41, 5.74) is 4.27. The van der Waals surface area contributed by atoms with E-state index < -0.39 is 0 Å². The number of hydrogen-bond acceptors (Lipinski definition) is 1. The molecule has 1 aliphatic carbocycles. The minimum Gasteiger partial charge on any atom is -0.493 e. The summed E-state index contributed by atoms with van der Waals surface area (Å²) in [4.78, 5) is 0. The van der Waals surface area contributed by atoms with Crippen LogP contribution in [0.4, 0.5) is 0 Å². The zero-order valence-corrected chi connectivity index (χ0v) is 9.83. The van der Waals surface area contributed by atoms with Crippen LogP contribution in [0, 0.1) is 5.92 Å². The standard InChI is InChI=1S/C15H18O/c1-11-5-6-12-10-15-13(9-14(12)8-11)4-2-3-7-16-15/h5-6,9-11H,2-4,7-8H2,1H3. The molecular formula is C15H18O. The second-order valence-corrected chi connectivity index (χ2v) is 5.00. The number of fused-ring (bicyclic) bond motifs is 2. The Labute approximate surface area is 97.1 Å². The van der Waals surface area contributed by atoms with E-state index in [0.717, 1.165) is 12.4 Å². The zero-order valence-electron chi connectivity index (χ0n) is 9.83. The van der Waals surface area contributed by atoms with Crippen LogP contribution in [0.3, 0.4) is 0 Å². The van der Waals surface area contributed by atoms with E-state index in [1.54, 1.807) is 0 Å². The molecule has 0 bridgehead atoms. The summed E-state index contributed by atoms with van der Waals surface area (Å²) in [7, 11) is 0. The number of benzene rings is 1. The molecule has 0 radical (unpaired) electrons. The molecule has 1 heteroatoms. The van der Waals surface area contributed by atoms with Gasteiger partial charge in [0, 0.05) is 0 Å². The maximum atomic E-state index is 5.81. The largest absolute Gasteiger partial charge is 0.493 e. The minimum atomic E-state index is 0.678. The molecule has 0 saturated heterocycles. The summed E-state index contributed by atoms with van der Waals surface area (Å²) in [6.45, 7) is 3.16. The van der Waals surface area contributed by atoms with Crippen molar-refractivity contribution in [2.24, 2.45) is 5.92 Å². The number of ether oxygens (including phenoxy) is 1. The van der Waals surface area contributed by atoms with Crippen LogP contribution < -0.4 is 4.74 Å². The SMILES string of the molecule is CC1C=Cc2cc3c(cc2C1)CCCCO3. The van der Waals surface area contributed by atoms with Crippen LogP contribution in [0.1, 0.15) is 36.5 Å². The Morgan fingerprint density at radius 1 is 1.19 bits per heavy atom. The van der Waals surface area contributed by atoms with Gasteiger partial charge < -0.3 is 4.74 Å². The van der Waals surface area contributed by atoms with Gasteiger partial charge in [0.15, 0.2) is 0 Å². The fourth-order valence-electron chi connectivity index (χ4n) is 2.64. The first-order valence-corrected chi connectivity index (χ1v) is 6.30. The molecule has 1 unspecified atom stereocenters. The van der Waals surface area contributed by atoms with E-state index in [1.807, 2.05) is 0 Å². The molecule has 1 aliphatic heterocycles. The number of aryl methyl sites for hydroxylation is 1. The Bertz CT molecular complexity index is 431. The van der Waals surface area contributed by atoms with Gasteiger partial charge in [0.05, 0.1) is 6.61 Å². The Morgan fingerprint density at radius 3 is 3.06 bits per heavy atom. The molecule has 1 nitrogen and oxygen atoms in total. The lowest BCUT2D eigenvalue weighted by Gasteiger charge is -2.18. The van der Waals surface area contributed by atoms with E-state index in [0.29, 0.717) is 5.92 Å². The second kappa shape index (κ2) is 3.97. The van der Waals surface area contributed by atoms with Crippen molar-refractivity contribution in [3.8, 4) is 5.75 Å². The van der Waals surface area contributed by atoms with Crippen molar-refractivity contribution in [2.75, 3.05) is 6.61 Å². The molecule has 0 aromatic heterocycles. The zero-order chi connectivity index (χ0) is 11.0. The lowest BCUT2D eigenvalue weighted by atomic mass is 9.88. The van der Waals surface area contributed by atoms with Crippen molar-refractivity contribution < 1.29 is 4.74 Å². The van der Waals surface area contributed by atoms with Gasteiger partial charge in [0.2, 0.25) is 0 Å². The van der Waals surface area contributed by atoms with Gasteiger partial charge in [0.1, 0.15) is 5.75 Å². The maximum Gasteiger partial charge on any atom is 0.123 e. The number of rotatable bonds is 0. The van der Waals surface area contributed by atoms with Crippen LogP contribution in [0.15, 0.2) is 18.2 Å². The fourth-order valence-corrected chi connectivity index (χ4v) is 2.64. The van der Waals surface area contributed by atoms with Gasteiger partial charge in [-0.05, 0) is 54.4 Å². The van der Waals surface area contributed by atoms with E-state index in [-0.39, 0.29) is 0 Å². The summed E-state index contributed by atoms with van der Waals surface area (Å²) in [6.07, 6.45) is 9.35. The molecule has 1 aromatic rings. The third-order valence-corrected chi connectivity index (χ3v) is 3.57. The normalized spacial score (nSPS) is 22.9. The third-order valence-electron chi connectivity index (χ3n) is 3.57. The molecule has 3 rings (SSSR count). The van der Waals surface area contributed by atoms with E-state index >= 15 is 0 Å². The summed E-state index contributed by atoms with van der Waals surface area (Å²) >= 11 is 0. The van der Waals surface area contributed by atoms with E-state index in [2.05, 4.69) is 31.2 Å². The Hall–Kier alpha value is -1.24. The minimum absolute atomic E-state index is 0.678. The summed E-state index contributed by atoms with van der Waals surface area (Å²) in [6, 6.07) is 4.61. The van der Waals surface area contributed by atoms with Gasteiger partial charge in [-0.2, -0.15) is 0 Å². The number of allylic oxidation sites excluding steroid dienone is 1. The van der Waals surface area contributed by atoms with Crippen LogP contribution in [0.25, 0.3) is 6.08 Å². The molecule has 0 N–H and O–H groups in total. The predicted octanol–water partition coefficient (Wildman–Crippen LogP) is 3.61. The molecule has 0 spiro atoms. The summed E-state index contributed by atoms with van der Waals surface area (Å²) in [5, 5.41) is 0. The van der Waals surface area contributed by atoms with Crippen molar-refractivity contribution in [2.45, 2.75) is 32.6 Å². The van der Waals surface area contributed by atoms with Gasteiger partial charge in [-0.25, -0.2) is 0 Å². The van der Waals surface area contributed by atoms with Crippen LogP contribution in [0.2, 0.25) is 0 Å².